The van der Waals surface area contributed by atoms with Crippen LogP contribution in [0.15, 0.2) is 46.0 Å². The number of amides is 1. The van der Waals surface area contributed by atoms with Gasteiger partial charge in [0, 0.05) is 36.0 Å². The van der Waals surface area contributed by atoms with Gasteiger partial charge in [0.05, 0.1) is 24.9 Å². The van der Waals surface area contributed by atoms with Crippen molar-refractivity contribution >= 4 is 5.91 Å². The highest BCUT2D eigenvalue weighted by Crippen LogP contribution is 2.25. The van der Waals surface area contributed by atoms with Crippen LogP contribution in [0.1, 0.15) is 40.7 Å². The van der Waals surface area contributed by atoms with E-state index in [1.807, 2.05) is 12.1 Å². The number of hydrogen-bond donors (Lipinski definition) is 1. The zero-order valence-electron chi connectivity index (χ0n) is 16.3. The third-order valence-corrected chi connectivity index (χ3v) is 5.63. The maximum absolute atomic E-state index is 12.9. The Balaban J connectivity index is 1.40. The number of rotatable bonds is 4. The molecule has 1 saturated heterocycles. The summed E-state index contributed by atoms with van der Waals surface area (Å²) in [7, 11) is 0. The van der Waals surface area contributed by atoms with Crippen LogP contribution in [0.2, 0.25) is 0 Å². The number of carbonyl (C=O) groups excluding carboxylic acids is 1. The van der Waals surface area contributed by atoms with Crippen LogP contribution >= 0.6 is 0 Å². The van der Waals surface area contributed by atoms with Crippen LogP contribution in [0.3, 0.4) is 0 Å². The fraction of sp³-hybridized carbons (Fsp3) is 0.381. The number of aryl methyl sites for hydroxylation is 1. The minimum atomic E-state index is -0.416. The monoisotopic (exact) mass is 407 g/mol. The lowest BCUT2D eigenvalue weighted by Gasteiger charge is -2.20. The molecule has 0 spiro atoms. The molecule has 154 valence electrons. The van der Waals surface area contributed by atoms with Crippen molar-refractivity contribution in [3.8, 4) is 11.3 Å². The largest absolute Gasteiger partial charge is 0.377 e. The van der Waals surface area contributed by atoms with E-state index in [-0.39, 0.29) is 18.1 Å². The topological polar surface area (TPSA) is 112 Å². The van der Waals surface area contributed by atoms with Gasteiger partial charge >= 0.3 is 0 Å². The second kappa shape index (κ2) is 7.83. The summed E-state index contributed by atoms with van der Waals surface area (Å²) in [5.41, 5.74) is 2.41. The molecule has 5 rings (SSSR count). The third kappa shape index (κ3) is 3.41. The van der Waals surface area contributed by atoms with Crippen molar-refractivity contribution in [3.63, 3.8) is 0 Å². The smallest absolute Gasteiger partial charge is 0.274 e. The van der Waals surface area contributed by atoms with Gasteiger partial charge in [0.15, 0.2) is 5.69 Å². The molecule has 1 aliphatic carbocycles. The summed E-state index contributed by atoms with van der Waals surface area (Å²) in [5, 5.41) is 11.5. The van der Waals surface area contributed by atoms with Gasteiger partial charge in [-0.3, -0.25) is 14.6 Å². The normalized spacial score (nSPS) is 20.7. The SMILES string of the molecule is O=C(NC1COCC1n1nc(-c2cccnc2)ccc1=O)c1noc2c1CCCC2. The highest BCUT2D eigenvalue weighted by molar-refractivity contribution is 5.94. The first kappa shape index (κ1) is 18.7. The second-order valence-electron chi connectivity index (χ2n) is 7.57. The lowest BCUT2D eigenvalue weighted by Crippen LogP contribution is -2.44. The van der Waals surface area contributed by atoms with Crippen LogP contribution < -0.4 is 10.9 Å². The molecule has 0 bridgehead atoms. The van der Waals surface area contributed by atoms with Gasteiger partial charge in [-0.2, -0.15) is 5.10 Å². The van der Waals surface area contributed by atoms with Gasteiger partial charge < -0.3 is 14.6 Å². The first-order chi connectivity index (χ1) is 14.7. The summed E-state index contributed by atoms with van der Waals surface area (Å²) >= 11 is 0. The number of ether oxygens (including phenoxy) is 1. The van der Waals surface area contributed by atoms with E-state index in [1.54, 1.807) is 18.5 Å². The molecular weight excluding hydrogens is 386 g/mol. The minimum absolute atomic E-state index is 0.254. The lowest BCUT2D eigenvalue weighted by atomic mass is 9.96. The van der Waals surface area contributed by atoms with Crippen LogP contribution in [-0.4, -0.2) is 45.1 Å². The molecule has 9 nitrogen and oxygen atoms in total. The Hall–Kier alpha value is -3.33. The van der Waals surface area contributed by atoms with Gasteiger partial charge in [-0.1, -0.05) is 5.16 Å². The highest BCUT2D eigenvalue weighted by Gasteiger charge is 2.34. The molecule has 3 aromatic rings. The van der Waals surface area contributed by atoms with Gasteiger partial charge in [0.1, 0.15) is 11.8 Å². The number of pyridine rings is 1. The number of carbonyl (C=O) groups is 1. The fourth-order valence-corrected chi connectivity index (χ4v) is 4.05. The number of nitrogens with zero attached hydrogens (tertiary/aromatic N) is 4. The molecule has 1 N–H and O–H groups in total. The molecule has 0 aromatic carbocycles. The summed E-state index contributed by atoms with van der Waals surface area (Å²) in [6.07, 6.45) is 7.03. The first-order valence-corrected chi connectivity index (χ1v) is 10.1. The second-order valence-corrected chi connectivity index (χ2v) is 7.57. The highest BCUT2D eigenvalue weighted by atomic mass is 16.5. The van der Waals surface area contributed by atoms with Crippen molar-refractivity contribution in [3.05, 3.63) is 64.0 Å². The summed E-state index contributed by atoms with van der Waals surface area (Å²) in [6.45, 7) is 0.576. The van der Waals surface area contributed by atoms with Crippen molar-refractivity contribution in [1.82, 2.24) is 25.2 Å². The van der Waals surface area contributed by atoms with E-state index in [9.17, 15) is 9.59 Å². The number of hydrogen-bond acceptors (Lipinski definition) is 7. The third-order valence-electron chi connectivity index (χ3n) is 5.63. The molecule has 1 amide bonds. The lowest BCUT2D eigenvalue weighted by molar-refractivity contribution is 0.0914. The quantitative estimate of drug-likeness (QED) is 0.698. The van der Waals surface area contributed by atoms with E-state index < -0.39 is 12.1 Å². The molecule has 1 fully saturated rings. The van der Waals surface area contributed by atoms with Gasteiger partial charge in [0.25, 0.3) is 11.5 Å². The van der Waals surface area contributed by atoms with Crippen LogP contribution in [0.5, 0.6) is 0 Å². The van der Waals surface area contributed by atoms with Crippen molar-refractivity contribution in [2.75, 3.05) is 13.2 Å². The number of fused-ring (bicyclic) bond motifs is 1. The Morgan fingerprint density at radius 2 is 2.07 bits per heavy atom. The Kier molecular flexibility index (Phi) is 4.88. The van der Waals surface area contributed by atoms with Gasteiger partial charge in [0.2, 0.25) is 0 Å². The molecule has 2 aliphatic rings. The molecule has 0 radical (unpaired) electrons. The summed E-state index contributed by atoms with van der Waals surface area (Å²) in [5.74, 6) is 0.492. The summed E-state index contributed by atoms with van der Waals surface area (Å²) in [4.78, 5) is 29.5. The van der Waals surface area contributed by atoms with E-state index in [0.717, 1.165) is 42.6 Å². The van der Waals surface area contributed by atoms with Crippen LogP contribution in [-0.2, 0) is 17.6 Å². The van der Waals surface area contributed by atoms with Crippen LogP contribution in [0, 0.1) is 0 Å². The Labute approximate surface area is 172 Å². The molecule has 0 saturated carbocycles. The van der Waals surface area contributed by atoms with Crippen LogP contribution in [0.4, 0.5) is 0 Å². The van der Waals surface area contributed by atoms with Crippen molar-refractivity contribution in [1.29, 1.82) is 0 Å². The molecule has 2 unspecified atom stereocenters. The van der Waals surface area contributed by atoms with Crippen molar-refractivity contribution in [2.24, 2.45) is 0 Å². The first-order valence-electron chi connectivity index (χ1n) is 10.1. The predicted octanol–water partition coefficient (Wildman–Crippen LogP) is 1.54. The zero-order chi connectivity index (χ0) is 20.5. The van der Waals surface area contributed by atoms with E-state index in [1.165, 1.54) is 10.7 Å². The molecule has 3 aromatic heterocycles. The summed E-state index contributed by atoms with van der Waals surface area (Å²) in [6, 6.07) is 6.01. The molecule has 30 heavy (non-hydrogen) atoms. The number of aromatic nitrogens is 4. The Bertz CT molecular complexity index is 1120. The van der Waals surface area contributed by atoms with E-state index in [2.05, 4.69) is 20.6 Å². The van der Waals surface area contributed by atoms with Gasteiger partial charge in [-0.15, -0.1) is 0 Å². The average Bonchev–Trinajstić information content (AvgIpc) is 3.42. The standard InChI is InChI=1S/C21H21N5O4/c27-19-8-7-15(13-4-3-9-22-10-13)24-26(19)17-12-29-11-16(17)23-21(28)20-14-5-1-2-6-18(14)30-25-20/h3-4,7-10,16-17H,1-2,5-6,11-12H2,(H,23,28). The molecule has 4 heterocycles. The number of nitrogens with one attached hydrogen (secondary N) is 1. The fourth-order valence-electron chi connectivity index (χ4n) is 4.05. The maximum Gasteiger partial charge on any atom is 0.274 e. The predicted molar refractivity (Wildman–Crippen MR) is 106 cm³/mol. The Morgan fingerprint density at radius 3 is 2.93 bits per heavy atom. The molecule has 1 aliphatic heterocycles. The van der Waals surface area contributed by atoms with E-state index in [0.29, 0.717) is 18.0 Å². The average molecular weight is 407 g/mol. The zero-order valence-corrected chi connectivity index (χ0v) is 16.3. The molecule has 2 atom stereocenters. The van der Waals surface area contributed by atoms with Gasteiger partial charge in [-0.05, 0) is 37.5 Å². The Morgan fingerprint density at radius 1 is 1.17 bits per heavy atom. The van der Waals surface area contributed by atoms with E-state index >= 15 is 0 Å². The van der Waals surface area contributed by atoms with E-state index in [4.69, 9.17) is 9.26 Å². The molecular formula is C21H21N5O4. The van der Waals surface area contributed by atoms with Gasteiger partial charge in [-0.25, -0.2) is 4.68 Å². The summed E-state index contributed by atoms with van der Waals surface area (Å²) < 4.78 is 12.3. The maximum atomic E-state index is 12.9. The van der Waals surface area contributed by atoms with Crippen molar-refractivity contribution < 1.29 is 14.1 Å². The molecule has 9 heteroatoms. The van der Waals surface area contributed by atoms with Crippen molar-refractivity contribution in [2.45, 2.75) is 37.8 Å². The minimum Gasteiger partial charge on any atom is -0.377 e. The van der Waals surface area contributed by atoms with Crippen LogP contribution in [0.25, 0.3) is 11.3 Å².